The normalized spacial score (nSPS) is 13.5. The number of hydrogen-bond acceptors (Lipinski definition) is 3. The van der Waals surface area contributed by atoms with Crippen LogP contribution in [0.4, 0.5) is 0 Å². The van der Waals surface area contributed by atoms with Gasteiger partial charge in [-0.3, -0.25) is 4.55 Å². The summed E-state index contributed by atoms with van der Waals surface area (Å²) in [7, 11) is -3.87. The van der Waals surface area contributed by atoms with Crippen molar-refractivity contribution in [2.45, 2.75) is 95.6 Å². The number of aliphatic hydroxyl groups is 1. The van der Waals surface area contributed by atoms with E-state index in [1.165, 1.54) is 25.7 Å². The highest BCUT2D eigenvalue weighted by atomic mass is 32.2. The van der Waals surface area contributed by atoms with E-state index in [1.54, 1.807) is 0 Å². The van der Waals surface area contributed by atoms with Crippen LogP contribution in [0.1, 0.15) is 90.4 Å². The molecule has 0 aromatic rings. The molecule has 1 unspecified atom stereocenters. The molecule has 0 bridgehead atoms. The van der Waals surface area contributed by atoms with Crippen LogP contribution in [-0.4, -0.2) is 29.9 Å². The summed E-state index contributed by atoms with van der Waals surface area (Å²) in [6.45, 7) is 2.33. The molecule has 0 fully saturated rings. The summed E-state index contributed by atoms with van der Waals surface area (Å²) in [5.74, 6) is 0. The Kier molecular flexibility index (Phi) is 13.4. The zero-order valence-electron chi connectivity index (χ0n) is 13.6. The molecule has 4 nitrogen and oxygen atoms in total. The molecule has 0 saturated carbocycles. The predicted octanol–water partition coefficient (Wildman–Crippen LogP) is 4.33. The Morgan fingerprint density at radius 3 is 1.62 bits per heavy atom. The molecule has 0 rings (SSSR count). The van der Waals surface area contributed by atoms with Crippen LogP contribution < -0.4 is 0 Å². The van der Waals surface area contributed by atoms with Gasteiger partial charge in [0.15, 0.2) is 0 Å². The van der Waals surface area contributed by atoms with Crippen LogP contribution in [0.3, 0.4) is 0 Å². The molecule has 0 radical (unpaired) electrons. The molecule has 1 atom stereocenters. The van der Waals surface area contributed by atoms with Crippen molar-refractivity contribution in [1.82, 2.24) is 0 Å². The van der Waals surface area contributed by atoms with Crippen molar-refractivity contribution in [3.63, 3.8) is 0 Å². The summed E-state index contributed by atoms with van der Waals surface area (Å²) in [5.41, 5.74) is 0. The van der Waals surface area contributed by atoms with Gasteiger partial charge in [-0.05, 0) is 19.3 Å². The summed E-state index contributed by atoms with van der Waals surface area (Å²) in [4.78, 5) is 0. The van der Waals surface area contributed by atoms with Gasteiger partial charge in [0.25, 0.3) is 10.1 Å². The average Bonchev–Trinajstić information content (AvgIpc) is 2.42. The van der Waals surface area contributed by atoms with E-state index in [4.69, 9.17) is 5.11 Å². The second-order valence-electron chi connectivity index (χ2n) is 5.97. The molecular formula is C16H34O4S. The minimum Gasteiger partial charge on any atom is -0.396 e. The molecule has 0 spiro atoms. The average molecular weight is 323 g/mol. The van der Waals surface area contributed by atoms with Gasteiger partial charge >= 0.3 is 0 Å². The highest BCUT2D eigenvalue weighted by Gasteiger charge is 2.21. The van der Waals surface area contributed by atoms with Crippen LogP contribution in [-0.2, 0) is 10.1 Å². The Bertz CT molecular complexity index is 314. The summed E-state index contributed by atoms with van der Waals surface area (Å²) in [6.07, 6.45) is 13.0. The van der Waals surface area contributed by atoms with Gasteiger partial charge in [-0.25, -0.2) is 0 Å². The molecule has 0 aromatic heterocycles. The Labute approximate surface area is 131 Å². The largest absolute Gasteiger partial charge is 0.396 e. The van der Waals surface area contributed by atoms with E-state index in [0.717, 1.165) is 44.9 Å². The minimum absolute atomic E-state index is 0.299. The Morgan fingerprint density at radius 1 is 0.762 bits per heavy atom. The van der Waals surface area contributed by atoms with E-state index in [9.17, 15) is 13.0 Å². The van der Waals surface area contributed by atoms with Crippen molar-refractivity contribution in [1.29, 1.82) is 0 Å². The summed E-state index contributed by atoms with van der Waals surface area (Å²) >= 11 is 0. The van der Waals surface area contributed by atoms with E-state index in [1.807, 2.05) is 6.92 Å². The van der Waals surface area contributed by atoms with Crippen LogP contribution in [0, 0.1) is 0 Å². The fourth-order valence-corrected chi connectivity index (χ4v) is 3.52. The van der Waals surface area contributed by atoms with Crippen molar-refractivity contribution in [2.75, 3.05) is 6.61 Å². The van der Waals surface area contributed by atoms with E-state index in [2.05, 4.69) is 0 Å². The highest BCUT2D eigenvalue weighted by molar-refractivity contribution is 7.86. The fraction of sp³-hybridized carbons (Fsp3) is 1.00. The van der Waals surface area contributed by atoms with Gasteiger partial charge < -0.3 is 5.11 Å². The number of unbranched alkanes of at least 4 members (excludes halogenated alkanes) is 9. The SMILES string of the molecule is CCCCC(CCCCCCCCCCCO)S(=O)(=O)O. The lowest BCUT2D eigenvalue weighted by Gasteiger charge is -2.13. The first-order valence-electron chi connectivity index (χ1n) is 8.59. The lowest BCUT2D eigenvalue weighted by atomic mass is 10.0. The standard InChI is InChI=1S/C16H34O4S/c1-2-3-13-16(21(18,19)20)14-11-9-7-5-4-6-8-10-12-15-17/h16-17H,2-15H2,1H3,(H,18,19,20). The second-order valence-corrected chi connectivity index (χ2v) is 7.67. The van der Waals surface area contributed by atoms with E-state index in [0.29, 0.717) is 19.4 Å². The van der Waals surface area contributed by atoms with Crippen molar-refractivity contribution in [3.05, 3.63) is 0 Å². The molecule has 0 aliphatic rings. The third-order valence-electron chi connectivity index (χ3n) is 3.99. The van der Waals surface area contributed by atoms with Crippen molar-refractivity contribution < 1.29 is 18.1 Å². The molecule has 0 aromatic carbocycles. The van der Waals surface area contributed by atoms with Crippen molar-refractivity contribution in [2.24, 2.45) is 0 Å². The van der Waals surface area contributed by atoms with Crippen LogP contribution in [0.5, 0.6) is 0 Å². The second kappa shape index (κ2) is 13.5. The first-order chi connectivity index (χ1) is 10.0. The molecule has 2 N–H and O–H groups in total. The Morgan fingerprint density at radius 2 is 1.19 bits per heavy atom. The maximum Gasteiger partial charge on any atom is 0.267 e. The molecule has 5 heteroatoms. The van der Waals surface area contributed by atoms with Gasteiger partial charge in [-0.2, -0.15) is 8.42 Å². The van der Waals surface area contributed by atoms with Gasteiger partial charge in [-0.1, -0.05) is 71.1 Å². The maximum atomic E-state index is 11.3. The smallest absolute Gasteiger partial charge is 0.267 e. The quantitative estimate of drug-likeness (QED) is 0.348. The number of aliphatic hydroxyl groups excluding tert-OH is 1. The third kappa shape index (κ3) is 13.3. The van der Waals surface area contributed by atoms with Crippen molar-refractivity contribution >= 4 is 10.1 Å². The topological polar surface area (TPSA) is 74.6 Å². The van der Waals surface area contributed by atoms with Crippen molar-refractivity contribution in [3.8, 4) is 0 Å². The summed E-state index contributed by atoms with van der Waals surface area (Å²) in [6, 6.07) is 0. The zero-order valence-corrected chi connectivity index (χ0v) is 14.4. The lowest BCUT2D eigenvalue weighted by molar-refractivity contribution is 0.282. The van der Waals surface area contributed by atoms with Crippen LogP contribution in [0.25, 0.3) is 0 Å². The Balaban J connectivity index is 3.54. The molecule has 0 aliphatic carbocycles. The van der Waals surface area contributed by atoms with Gasteiger partial charge in [0.05, 0.1) is 5.25 Å². The first-order valence-corrected chi connectivity index (χ1v) is 10.1. The Hall–Kier alpha value is -0.130. The molecule has 0 saturated heterocycles. The van der Waals surface area contributed by atoms with Gasteiger partial charge in [0, 0.05) is 6.61 Å². The first kappa shape index (κ1) is 20.9. The highest BCUT2D eigenvalue weighted by Crippen LogP contribution is 2.18. The number of rotatable bonds is 15. The lowest BCUT2D eigenvalue weighted by Crippen LogP contribution is -2.20. The third-order valence-corrected chi connectivity index (χ3v) is 5.30. The van der Waals surface area contributed by atoms with Crippen LogP contribution in [0.2, 0.25) is 0 Å². The molecule has 21 heavy (non-hydrogen) atoms. The fourth-order valence-electron chi connectivity index (χ4n) is 2.60. The van der Waals surface area contributed by atoms with Crippen LogP contribution >= 0.6 is 0 Å². The van der Waals surface area contributed by atoms with Gasteiger partial charge in [-0.15, -0.1) is 0 Å². The van der Waals surface area contributed by atoms with E-state index in [-0.39, 0.29) is 0 Å². The van der Waals surface area contributed by atoms with E-state index >= 15 is 0 Å². The monoisotopic (exact) mass is 322 g/mol. The molecular weight excluding hydrogens is 288 g/mol. The maximum absolute atomic E-state index is 11.3. The zero-order chi connectivity index (χ0) is 16.0. The summed E-state index contributed by atoms with van der Waals surface area (Å²) < 4.78 is 31.7. The van der Waals surface area contributed by atoms with Crippen LogP contribution in [0.15, 0.2) is 0 Å². The summed E-state index contributed by atoms with van der Waals surface area (Å²) in [5, 5.41) is 8.10. The predicted molar refractivity (Wildman–Crippen MR) is 88.1 cm³/mol. The van der Waals surface area contributed by atoms with E-state index < -0.39 is 15.4 Å². The van der Waals surface area contributed by atoms with Gasteiger partial charge in [0.2, 0.25) is 0 Å². The minimum atomic E-state index is -3.87. The van der Waals surface area contributed by atoms with Gasteiger partial charge in [0.1, 0.15) is 0 Å². The number of hydrogen-bond donors (Lipinski definition) is 2. The molecule has 0 aliphatic heterocycles. The molecule has 128 valence electrons. The molecule has 0 amide bonds. The molecule has 0 heterocycles.